The Morgan fingerprint density at radius 3 is 1.58 bits per heavy atom. The Hall–Kier alpha value is -5.52. The number of benzene rings is 5. The second kappa shape index (κ2) is 18.2. The summed E-state index contributed by atoms with van der Waals surface area (Å²) in [6.45, 7) is 11.6. The average Bonchev–Trinajstić information content (AvgIpc) is 3.79. The maximum atomic E-state index is 13.8. The summed E-state index contributed by atoms with van der Waals surface area (Å²) in [5, 5.41) is 16.9. The molecule has 7 rings (SSSR count). The van der Waals surface area contributed by atoms with Crippen molar-refractivity contribution in [1.82, 2.24) is 20.4 Å². The highest BCUT2D eigenvalue weighted by Gasteiger charge is 2.17. The minimum absolute atomic E-state index is 0.103. The molecule has 2 aromatic heterocycles. The van der Waals surface area contributed by atoms with E-state index in [1.807, 2.05) is 82.3 Å². The second-order valence-electron chi connectivity index (χ2n) is 13.0. The van der Waals surface area contributed by atoms with Gasteiger partial charge >= 0.3 is 0 Å². The molecule has 0 bridgehead atoms. The van der Waals surface area contributed by atoms with Crippen molar-refractivity contribution < 1.29 is 18.4 Å². The Morgan fingerprint density at radius 1 is 0.600 bits per heavy atom. The molecule has 0 aliphatic carbocycles. The van der Waals surface area contributed by atoms with Crippen LogP contribution in [0.5, 0.6) is 0 Å². The summed E-state index contributed by atoms with van der Waals surface area (Å²) in [4.78, 5) is 23.2. The number of carbonyl (C=O) groups excluding carboxylic acids is 2. The van der Waals surface area contributed by atoms with Gasteiger partial charge in [-0.1, -0.05) is 86.5 Å². The first-order valence-corrected chi connectivity index (χ1v) is 18.8. The predicted molar refractivity (Wildman–Crippen MR) is 223 cm³/mol. The molecule has 0 unspecified atom stereocenters. The van der Waals surface area contributed by atoms with Crippen molar-refractivity contribution in [1.29, 1.82) is 0 Å². The van der Waals surface area contributed by atoms with Gasteiger partial charge in [-0.2, -0.15) is 10.2 Å². The van der Waals surface area contributed by atoms with Crippen LogP contribution in [0.15, 0.2) is 118 Å². The largest absolute Gasteiger partial charge is 0.322 e. The van der Waals surface area contributed by atoms with Crippen LogP contribution in [0.3, 0.4) is 0 Å². The third-order valence-corrected chi connectivity index (χ3v) is 10.3. The van der Waals surface area contributed by atoms with E-state index in [1.54, 1.807) is 19.1 Å². The lowest BCUT2D eigenvalue weighted by Gasteiger charge is -2.11. The Bertz CT molecular complexity index is 2450. The first-order valence-electron chi connectivity index (χ1n) is 17.2. The fraction of sp³-hybridized carbons (Fsp3) is 0.136. The number of ketones is 1. The number of aromatic nitrogens is 4. The highest BCUT2D eigenvalue weighted by Crippen LogP contribution is 2.30. The first-order chi connectivity index (χ1) is 26.2. The van der Waals surface area contributed by atoms with Crippen molar-refractivity contribution in [2.45, 2.75) is 41.5 Å². The number of nitrogens with zero attached hydrogens (tertiary/aromatic N) is 2. The highest BCUT2D eigenvalue weighted by atomic mass is 79.9. The minimum atomic E-state index is -0.898. The number of nitrogens with one attached hydrogen (secondary N) is 3. The zero-order valence-electron chi connectivity index (χ0n) is 31.1. The number of rotatable bonds is 6. The van der Waals surface area contributed by atoms with Crippen LogP contribution in [0, 0.1) is 46.3 Å². The highest BCUT2D eigenvalue weighted by molar-refractivity contribution is 9.10. The molecular formula is C44H39Br2F2N5O2. The fourth-order valence-corrected chi connectivity index (χ4v) is 6.19. The molecule has 0 aliphatic rings. The molecule has 0 radical (unpaired) electrons. The van der Waals surface area contributed by atoms with Crippen molar-refractivity contribution in [3.05, 3.63) is 169 Å². The van der Waals surface area contributed by atoms with Crippen molar-refractivity contribution in [3.63, 3.8) is 0 Å². The number of hydrogen-bond acceptors (Lipinski definition) is 4. The quantitative estimate of drug-likeness (QED) is 0.145. The number of hydrogen-bond donors (Lipinski definition) is 3. The van der Waals surface area contributed by atoms with Crippen molar-refractivity contribution in [2.75, 3.05) is 5.32 Å². The van der Waals surface area contributed by atoms with Gasteiger partial charge in [0.05, 0.1) is 11.4 Å². The molecule has 3 N–H and O–H groups in total. The third-order valence-electron chi connectivity index (χ3n) is 8.63. The first kappa shape index (κ1) is 40.7. The van der Waals surface area contributed by atoms with Gasteiger partial charge in [-0.25, -0.2) is 8.78 Å². The van der Waals surface area contributed by atoms with Gasteiger partial charge in [-0.15, -0.1) is 0 Å². The molecule has 0 saturated heterocycles. The van der Waals surface area contributed by atoms with E-state index in [1.165, 1.54) is 11.6 Å². The van der Waals surface area contributed by atoms with Crippen molar-refractivity contribution in [2.24, 2.45) is 0 Å². The summed E-state index contributed by atoms with van der Waals surface area (Å²) in [7, 11) is 0. The smallest absolute Gasteiger partial charge is 0.261 e. The molecule has 7 nitrogen and oxygen atoms in total. The number of anilines is 1. The van der Waals surface area contributed by atoms with Gasteiger partial charge in [0.1, 0.15) is 17.2 Å². The fourth-order valence-electron chi connectivity index (χ4n) is 5.43. The van der Waals surface area contributed by atoms with Crippen LogP contribution in [0.25, 0.3) is 33.6 Å². The standard InChI is InChI=1S/C24H19F2N3O.C11H11BrN2.C9H9BrO/c1-14-6-7-17(22-12-15(2)28-29-22)13-19(14)16-8-10-18(11-9-16)27-24(30)23-20(25)4-3-5-21(23)26;1-7-3-4-9(6-10(7)12)11-5-8(2)13-14-11;1-6-3-4-8(7(2)11)5-9(6)10/h3-13H,1-2H3,(H,27,30)(H,28,29);3-6H,1-2H3,(H,13,14);3-5H,1-2H3. The second-order valence-corrected chi connectivity index (χ2v) is 14.7. The van der Waals surface area contributed by atoms with Crippen LogP contribution in [-0.4, -0.2) is 32.1 Å². The predicted octanol–water partition coefficient (Wildman–Crippen LogP) is 12.3. The molecule has 0 saturated carbocycles. The molecule has 0 aliphatic heterocycles. The summed E-state index contributed by atoms with van der Waals surface area (Å²) in [5.41, 5.74) is 12.1. The van der Waals surface area contributed by atoms with Crippen LogP contribution in [0.2, 0.25) is 0 Å². The molecule has 280 valence electrons. The summed E-state index contributed by atoms with van der Waals surface area (Å²) in [5.74, 6) is -2.52. The van der Waals surface area contributed by atoms with E-state index < -0.39 is 23.1 Å². The minimum Gasteiger partial charge on any atom is -0.322 e. The Labute approximate surface area is 335 Å². The van der Waals surface area contributed by atoms with E-state index in [0.717, 1.165) is 82.8 Å². The van der Waals surface area contributed by atoms with Gasteiger partial charge in [0.2, 0.25) is 0 Å². The molecule has 55 heavy (non-hydrogen) atoms. The topological polar surface area (TPSA) is 104 Å². The number of aryl methyl sites for hydroxylation is 5. The van der Waals surface area contributed by atoms with Crippen LogP contribution < -0.4 is 5.32 Å². The molecule has 1 amide bonds. The molecule has 0 fully saturated rings. The van der Waals surface area contributed by atoms with Crippen LogP contribution in [0.4, 0.5) is 14.5 Å². The van der Waals surface area contributed by atoms with Gasteiger partial charge in [-0.05, 0) is 124 Å². The molecule has 2 heterocycles. The van der Waals surface area contributed by atoms with Crippen LogP contribution in [0.1, 0.15) is 55.7 Å². The van der Waals surface area contributed by atoms with E-state index in [4.69, 9.17) is 0 Å². The van der Waals surface area contributed by atoms with Crippen LogP contribution in [-0.2, 0) is 0 Å². The Balaban J connectivity index is 0.000000190. The Kier molecular flexibility index (Phi) is 13.5. The van der Waals surface area contributed by atoms with E-state index in [9.17, 15) is 18.4 Å². The zero-order chi connectivity index (χ0) is 39.8. The van der Waals surface area contributed by atoms with Gasteiger partial charge in [0, 0.05) is 42.7 Å². The molecule has 11 heteroatoms. The van der Waals surface area contributed by atoms with Gasteiger partial charge in [0.15, 0.2) is 5.78 Å². The van der Waals surface area contributed by atoms with Crippen LogP contribution >= 0.6 is 31.9 Å². The molecule has 7 aromatic rings. The van der Waals surface area contributed by atoms with Crippen molar-refractivity contribution in [3.8, 4) is 33.6 Å². The number of Topliss-reactive ketones (excluding diaryl/α,β-unsaturated/α-hetero) is 1. The van der Waals surface area contributed by atoms with E-state index >= 15 is 0 Å². The summed E-state index contributed by atoms with van der Waals surface area (Å²) >= 11 is 6.87. The Morgan fingerprint density at radius 2 is 1.09 bits per heavy atom. The maximum Gasteiger partial charge on any atom is 0.261 e. The number of aromatic amines is 2. The average molecular weight is 868 g/mol. The normalized spacial score (nSPS) is 10.5. The number of H-pyrrole nitrogens is 2. The molecule has 5 aromatic carbocycles. The maximum absolute atomic E-state index is 13.8. The lowest BCUT2D eigenvalue weighted by atomic mass is 9.97. The van der Waals surface area contributed by atoms with Gasteiger partial charge < -0.3 is 5.32 Å². The summed E-state index contributed by atoms with van der Waals surface area (Å²) < 4.78 is 29.7. The zero-order valence-corrected chi connectivity index (χ0v) is 34.3. The third kappa shape index (κ3) is 10.6. The lowest BCUT2D eigenvalue weighted by Crippen LogP contribution is -2.15. The van der Waals surface area contributed by atoms with Gasteiger partial charge in [0.25, 0.3) is 5.91 Å². The number of carbonyl (C=O) groups is 2. The molecular weight excluding hydrogens is 828 g/mol. The lowest BCUT2D eigenvalue weighted by molar-refractivity contribution is 0.100. The molecule has 0 atom stereocenters. The summed E-state index contributed by atoms with van der Waals surface area (Å²) in [6.07, 6.45) is 0. The summed E-state index contributed by atoms with van der Waals surface area (Å²) in [6, 6.07) is 32.5. The van der Waals surface area contributed by atoms with E-state index in [0.29, 0.717) is 5.69 Å². The van der Waals surface area contributed by atoms with E-state index in [-0.39, 0.29) is 5.78 Å². The monoisotopic (exact) mass is 865 g/mol. The number of amides is 1. The molecule has 0 spiro atoms. The van der Waals surface area contributed by atoms with E-state index in [2.05, 4.69) is 88.8 Å². The SMILES string of the molecule is CC(=O)c1ccc(C)c(Br)c1.Cc1cc(-c2ccc(C)c(-c3ccc(NC(=O)c4c(F)cccc4F)cc3)c2)n[nH]1.Cc1cc(-c2ccc(C)c(Br)c2)n[nH]1. The van der Waals surface area contributed by atoms with Crippen molar-refractivity contribution >= 4 is 49.2 Å². The number of halogens is 4. The van der Waals surface area contributed by atoms with Gasteiger partial charge in [-0.3, -0.25) is 19.8 Å².